The van der Waals surface area contributed by atoms with Crippen molar-refractivity contribution in [1.29, 1.82) is 0 Å². The molecule has 0 saturated heterocycles. The number of carbonyl (C=O) groups is 2. The Hall–Kier alpha value is -2.24. The number of halogens is 2. The van der Waals surface area contributed by atoms with E-state index < -0.39 is 16.9 Å². The molecule has 0 unspecified atom stereocenters. The Bertz CT molecular complexity index is 909. The van der Waals surface area contributed by atoms with Gasteiger partial charge in [-0.05, 0) is 29.8 Å². The van der Waals surface area contributed by atoms with Crippen LogP contribution in [0.4, 0.5) is 0 Å². The summed E-state index contributed by atoms with van der Waals surface area (Å²) in [5.41, 5.74) is 1.73. The zero-order chi connectivity index (χ0) is 19.2. The molecule has 0 fully saturated rings. The maximum absolute atomic E-state index is 13.1. The van der Waals surface area contributed by atoms with Gasteiger partial charge in [-0.3, -0.25) is 4.79 Å². The molecule has 3 aromatic rings. The molecule has 136 valence electrons. The maximum atomic E-state index is 13.1. The SMILES string of the molecule is O=C(O[C@@H](C(=O)c1ccccc1)[C@@H](Br)c1ccccc1)c1ccc(Br)cc1. The number of ketones is 1. The quantitative estimate of drug-likeness (QED) is 0.243. The van der Waals surface area contributed by atoms with E-state index in [1.54, 1.807) is 48.5 Å². The molecule has 2 atom stereocenters. The molecule has 3 aromatic carbocycles. The van der Waals surface area contributed by atoms with Crippen molar-refractivity contribution in [1.82, 2.24) is 0 Å². The van der Waals surface area contributed by atoms with Crippen molar-refractivity contribution >= 4 is 43.6 Å². The predicted octanol–water partition coefficient (Wildman–Crippen LogP) is 5.99. The Morgan fingerprint density at radius 3 is 1.89 bits per heavy atom. The van der Waals surface area contributed by atoms with Crippen LogP contribution < -0.4 is 0 Å². The highest BCUT2D eigenvalue weighted by Gasteiger charge is 2.32. The van der Waals surface area contributed by atoms with E-state index in [-0.39, 0.29) is 5.78 Å². The molecule has 0 saturated carbocycles. The van der Waals surface area contributed by atoms with Crippen LogP contribution in [0.1, 0.15) is 31.1 Å². The van der Waals surface area contributed by atoms with Gasteiger partial charge in [0, 0.05) is 10.0 Å². The summed E-state index contributed by atoms with van der Waals surface area (Å²) in [7, 11) is 0. The molecule has 0 heterocycles. The molecule has 0 N–H and O–H groups in total. The van der Waals surface area contributed by atoms with E-state index in [0.29, 0.717) is 11.1 Å². The first kappa shape index (κ1) is 19.5. The van der Waals surface area contributed by atoms with Crippen LogP contribution in [0, 0.1) is 0 Å². The van der Waals surface area contributed by atoms with Gasteiger partial charge in [0.25, 0.3) is 0 Å². The number of hydrogen-bond acceptors (Lipinski definition) is 3. The third-order valence-corrected chi connectivity index (χ3v) is 5.55. The Balaban J connectivity index is 1.90. The number of benzene rings is 3. The number of carbonyl (C=O) groups excluding carboxylic acids is 2. The van der Waals surface area contributed by atoms with Crippen LogP contribution in [-0.2, 0) is 4.74 Å². The Morgan fingerprint density at radius 2 is 1.30 bits per heavy atom. The summed E-state index contributed by atoms with van der Waals surface area (Å²) in [4.78, 5) is 25.2. The first-order valence-corrected chi connectivity index (χ1v) is 10.0. The van der Waals surface area contributed by atoms with E-state index in [4.69, 9.17) is 4.74 Å². The van der Waals surface area contributed by atoms with E-state index in [1.165, 1.54) is 0 Å². The van der Waals surface area contributed by atoms with Gasteiger partial charge in [-0.1, -0.05) is 92.5 Å². The van der Waals surface area contributed by atoms with Crippen LogP contribution in [-0.4, -0.2) is 17.9 Å². The fourth-order valence-corrected chi connectivity index (χ4v) is 3.51. The van der Waals surface area contributed by atoms with Crippen LogP contribution >= 0.6 is 31.9 Å². The molecular formula is C22H16Br2O3. The molecule has 3 nitrogen and oxygen atoms in total. The third kappa shape index (κ3) is 4.93. The molecule has 3 rings (SSSR count). The molecule has 0 radical (unpaired) electrons. The van der Waals surface area contributed by atoms with Crippen LogP contribution in [0.25, 0.3) is 0 Å². The van der Waals surface area contributed by atoms with E-state index in [9.17, 15) is 9.59 Å². The lowest BCUT2D eigenvalue weighted by Gasteiger charge is -2.22. The van der Waals surface area contributed by atoms with Gasteiger partial charge in [0.15, 0.2) is 6.10 Å². The van der Waals surface area contributed by atoms with Gasteiger partial charge in [-0.15, -0.1) is 0 Å². The minimum Gasteiger partial charge on any atom is -0.449 e. The molecule has 5 heteroatoms. The van der Waals surface area contributed by atoms with Gasteiger partial charge in [-0.25, -0.2) is 4.79 Å². The van der Waals surface area contributed by atoms with Crippen molar-refractivity contribution in [2.75, 3.05) is 0 Å². The van der Waals surface area contributed by atoms with Crippen LogP contribution in [0.15, 0.2) is 89.4 Å². The fraction of sp³-hybridized carbons (Fsp3) is 0.0909. The summed E-state index contributed by atoms with van der Waals surface area (Å²) >= 11 is 6.90. The number of ether oxygens (including phenoxy) is 1. The van der Waals surface area contributed by atoms with E-state index >= 15 is 0 Å². The minimum atomic E-state index is -0.994. The van der Waals surface area contributed by atoms with Crippen LogP contribution in [0.5, 0.6) is 0 Å². The Morgan fingerprint density at radius 1 is 0.741 bits per heavy atom. The third-order valence-electron chi connectivity index (χ3n) is 4.01. The lowest BCUT2D eigenvalue weighted by molar-refractivity contribution is 0.0282. The number of rotatable bonds is 6. The van der Waals surface area contributed by atoms with Crippen molar-refractivity contribution in [2.45, 2.75) is 10.9 Å². The smallest absolute Gasteiger partial charge is 0.338 e. The average molecular weight is 488 g/mol. The molecule has 0 aliphatic heterocycles. The van der Waals surface area contributed by atoms with Crippen molar-refractivity contribution in [3.8, 4) is 0 Å². The summed E-state index contributed by atoms with van der Waals surface area (Å²) in [6.07, 6.45) is -0.994. The zero-order valence-electron chi connectivity index (χ0n) is 14.2. The van der Waals surface area contributed by atoms with Gasteiger partial charge < -0.3 is 4.74 Å². The molecule has 0 aliphatic rings. The summed E-state index contributed by atoms with van der Waals surface area (Å²) in [6.45, 7) is 0. The van der Waals surface area contributed by atoms with Crippen molar-refractivity contribution in [2.24, 2.45) is 0 Å². The second kappa shape index (κ2) is 9.11. The van der Waals surface area contributed by atoms with Gasteiger partial charge in [0.2, 0.25) is 5.78 Å². The highest BCUT2D eigenvalue weighted by molar-refractivity contribution is 9.10. The number of Topliss-reactive ketones (excluding diaryl/α,β-unsaturated/α-hetero) is 1. The van der Waals surface area contributed by atoms with Gasteiger partial charge >= 0.3 is 5.97 Å². The summed E-state index contributed by atoms with van der Waals surface area (Å²) in [5, 5.41) is 0. The lowest BCUT2D eigenvalue weighted by Crippen LogP contribution is -2.31. The predicted molar refractivity (Wildman–Crippen MR) is 112 cm³/mol. The van der Waals surface area contributed by atoms with Gasteiger partial charge in [0.1, 0.15) is 0 Å². The first-order chi connectivity index (χ1) is 13.1. The molecule has 0 aliphatic carbocycles. The van der Waals surface area contributed by atoms with E-state index in [0.717, 1.165) is 10.0 Å². The number of alkyl halides is 1. The number of esters is 1. The molecule has 0 spiro atoms. The molecule has 0 bridgehead atoms. The fourth-order valence-electron chi connectivity index (χ4n) is 2.59. The molecule has 27 heavy (non-hydrogen) atoms. The molecule has 0 amide bonds. The number of hydrogen-bond donors (Lipinski definition) is 0. The van der Waals surface area contributed by atoms with Crippen molar-refractivity contribution in [3.05, 3.63) is 106 Å². The Labute approximate surface area is 174 Å². The average Bonchev–Trinajstić information content (AvgIpc) is 2.72. The first-order valence-electron chi connectivity index (χ1n) is 8.31. The topological polar surface area (TPSA) is 43.4 Å². The highest BCUT2D eigenvalue weighted by Crippen LogP contribution is 2.31. The van der Waals surface area contributed by atoms with Crippen LogP contribution in [0.3, 0.4) is 0 Å². The highest BCUT2D eigenvalue weighted by atomic mass is 79.9. The van der Waals surface area contributed by atoms with Crippen molar-refractivity contribution < 1.29 is 14.3 Å². The molecule has 0 aromatic heterocycles. The lowest BCUT2D eigenvalue weighted by atomic mass is 9.99. The normalized spacial score (nSPS) is 12.8. The van der Waals surface area contributed by atoms with Gasteiger partial charge in [0.05, 0.1) is 10.4 Å². The summed E-state index contributed by atoms with van der Waals surface area (Å²) in [5.74, 6) is -0.802. The second-order valence-electron chi connectivity index (χ2n) is 5.88. The Kier molecular flexibility index (Phi) is 6.58. The summed E-state index contributed by atoms with van der Waals surface area (Å²) in [6, 6.07) is 25.1. The van der Waals surface area contributed by atoms with Crippen molar-refractivity contribution in [3.63, 3.8) is 0 Å². The maximum Gasteiger partial charge on any atom is 0.338 e. The monoisotopic (exact) mass is 486 g/mol. The van der Waals surface area contributed by atoms with Crippen LogP contribution in [0.2, 0.25) is 0 Å². The molecular weight excluding hydrogens is 472 g/mol. The zero-order valence-corrected chi connectivity index (χ0v) is 17.4. The summed E-state index contributed by atoms with van der Waals surface area (Å²) < 4.78 is 6.52. The minimum absolute atomic E-state index is 0.258. The largest absolute Gasteiger partial charge is 0.449 e. The van der Waals surface area contributed by atoms with E-state index in [1.807, 2.05) is 36.4 Å². The second-order valence-corrected chi connectivity index (χ2v) is 7.78. The van der Waals surface area contributed by atoms with Gasteiger partial charge in [-0.2, -0.15) is 0 Å². The standard InChI is InChI=1S/C22H16Br2O3/c23-18-13-11-17(12-14-18)22(26)27-21(19(24)15-7-3-1-4-8-15)20(25)16-9-5-2-6-10-16/h1-14,19,21H/t19-,21+/m0/s1. The van der Waals surface area contributed by atoms with E-state index in [2.05, 4.69) is 31.9 Å².